The van der Waals surface area contributed by atoms with Gasteiger partial charge in [-0.2, -0.15) is 0 Å². The number of carbonyl (C=O) groups excluding carboxylic acids is 1. The summed E-state index contributed by atoms with van der Waals surface area (Å²) in [6, 6.07) is -0.101. The van der Waals surface area contributed by atoms with Crippen molar-refractivity contribution in [3.05, 3.63) is 0 Å². The molecule has 0 radical (unpaired) electrons. The average molecular weight is 283 g/mol. The van der Waals surface area contributed by atoms with Gasteiger partial charge in [0.15, 0.2) is 0 Å². The largest absolute Gasteiger partial charge is 0.480 e. The third-order valence-corrected chi connectivity index (χ3v) is 4.58. The first-order valence-corrected chi connectivity index (χ1v) is 7.49. The van der Waals surface area contributed by atoms with E-state index in [1.54, 1.807) is 4.90 Å². The molecule has 2 amide bonds. The first-order valence-electron chi connectivity index (χ1n) is 7.49. The summed E-state index contributed by atoms with van der Waals surface area (Å²) in [4.78, 5) is 25.6. The van der Waals surface area contributed by atoms with Crippen molar-refractivity contribution in [2.45, 2.75) is 57.0 Å². The highest BCUT2D eigenvalue weighted by atomic mass is 16.4. The van der Waals surface area contributed by atoms with E-state index in [0.717, 1.165) is 25.7 Å². The summed E-state index contributed by atoms with van der Waals surface area (Å²) in [5.41, 5.74) is 4.73. The van der Waals surface area contributed by atoms with Crippen LogP contribution in [0.25, 0.3) is 0 Å². The van der Waals surface area contributed by atoms with Crippen molar-refractivity contribution in [3.8, 4) is 0 Å². The quantitative estimate of drug-likeness (QED) is 0.708. The second-order valence-electron chi connectivity index (χ2n) is 6.34. The second kappa shape index (κ2) is 5.99. The van der Waals surface area contributed by atoms with Crippen molar-refractivity contribution >= 4 is 12.0 Å². The second-order valence-corrected chi connectivity index (χ2v) is 6.34. The molecule has 2 rings (SSSR count). The summed E-state index contributed by atoms with van der Waals surface area (Å²) < 4.78 is 0. The lowest BCUT2D eigenvalue weighted by Gasteiger charge is -2.39. The van der Waals surface area contributed by atoms with Crippen LogP contribution in [0.3, 0.4) is 0 Å². The van der Waals surface area contributed by atoms with Crippen molar-refractivity contribution in [2.24, 2.45) is 11.7 Å². The number of rotatable bonds is 2. The molecule has 0 spiro atoms. The van der Waals surface area contributed by atoms with Crippen LogP contribution in [0.1, 0.15) is 45.4 Å². The number of aliphatic carboxylic acids is 1. The molecule has 6 heteroatoms. The predicted octanol–water partition coefficient (Wildman–Crippen LogP) is 1.15. The molecule has 6 nitrogen and oxygen atoms in total. The zero-order valence-electron chi connectivity index (χ0n) is 12.1. The number of amides is 2. The Morgan fingerprint density at radius 1 is 1.30 bits per heavy atom. The number of carbonyl (C=O) groups is 2. The van der Waals surface area contributed by atoms with Gasteiger partial charge in [0.05, 0.1) is 0 Å². The van der Waals surface area contributed by atoms with Gasteiger partial charge in [-0.05, 0) is 31.6 Å². The third-order valence-electron chi connectivity index (χ3n) is 4.58. The Morgan fingerprint density at radius 3 is 2.50 bits per heavy atom. The molecule has 2 fully saturated rings. The number of urea groups is 1. The molecular formula is C14H25N3O3. The summed E-state index contributed by atoms with van der Waals surface area (Å²) >= 11 is 0. The fourth-order valence-corrected chi connectivity index (χ4v) is 3.30. The van der Waals surface area contributed by atoms with E-state index in [1.165, 1.54) is 0 Å². The van der Waals surface area contributed by atoms with E-state index in [4.69, 9.17) is 5.73 Å². The van der Waals surface area contributed by atoms with E-state index in [9.17, 15) is 14.7 Å². The molecule has 0 aromatic heterocycles. The molecule has 2 aliphatic rings. The lowest BCUT2D eigenvalue weighted by Crippen LogP contribution is -2.60. The van der Waals surface area contributed by atoms with Crippen LogP contribution in [0.15, 0.2) is 0 Å². The van der Waals surface area contributed by atoms with E-state index in [-0.39, 0.29) is 12.1 Å². The number of hydrogen-bond acceptors (Lipinski definition) is 3. The third kappa shape index (κ3) is 3.23. The Morgan fingerprint density at radius 2 is 1.95 bits per heavy atom. The number of carboxylic acids is 1. The van der Waals surface area contributed by atoms with E-state index in [1.807, 2.05) is 6.92 Å². The minimum Gasteiger partial charge on any atom is -0.480 e. The minimum absolute atomic E-state index is 0.155. The molecule has 1 aliphatic heterocycles. The molecule has 0 aromatic carbocycles. The van der Waals surface area contributed by atoms with Gasteiger partial charge < -0.3 is 21.1 Å². The average Bonchev–Trinajstić information content (AvgIpc) is 2.39. The Labute approximate surface area is 119 Å². The number of nitrogens with two attached hydrogens (primary N) is 1. The highest BCUT2D eigenvalue weighted by Gasteiger charge is 2.44. The van der Waals surface area contributed by atoms with Crippen molar-refractivity contribution < 1.29 is 14.7 Å². The zero-order chi connectivity index (χ0) is 14.8. The molecule has 1 heterocycles. The maximum Gasteiger partial charge on any atom is 0.329 e. The fraction of sp³-hybridized carbons (Fsp3) is 0.857. The van der Waals surface area contributed by atoms with Crippen LogP contribution in [-0.4, -0.2) is 46.7 Å². The van der Waals surface area contributed by atoms with Gasteiger partial charge in [-0.15, -0.1) is 0 Å². The van der Waals surface area contributed by atoms with Crippen LogP contribution in [0.2, 0.25) is 0 Å². The van der Waals surface area contributed by atoms with E-state index in [2.05, 4.69) is 5.32 Å². The molecule has 1 aliphatic carbocycles. The summed E-state index contributed by atoms with van der Waals surface area (Å²) in [5.74, 6) is -0.582. The zero-order valence-corrected chi connectivity index (χ0v) is 12.1. The molecule has 0 aromatic rings. The number of carboxylic acid groups (broad SMARTS) is 1. The summed E-state index contributed by atoms with van der Waals surface area (Å²) in [7, 11) is 0. The van der Waals surface area contributed by atoms with Gasteiger partial charge in [0.1, 0.15) is 5.54 Å². The van der Waals surface area contributed by atoms with Crippen LogP contribution in [0.5, 0.6) is 0 Å². The van der Waals surface area contributed by atoms with Gasteiger partial charge in [-0.25, -0.2) is 9.59 Å². The van der Waals surface area contributed by atoms with Gasteiger partial charge in [0.25, 0.3) is 0 Å². The lowest BCUT2D eigenvalue weighted by molar-refractivity contribution is -0.146. The Kier molecular flexibility index (Phi) is 4.52. The first-order chi connectivity index (χ1) is 9.43. The first kappa shape index (κ1) is 15.1. The van der Waals surface area contributed by atoms with E-state index in [0.29, 0.717) is 31.8 Å². The topological polar surface area (TPSA) is 95.7 Å². The molecular weight excluding hydrogens is 258 g/mol. The monoisotopic (exact) mass is 283 g/mol. The maximum atomic E-state index is 12.3. The van der Waals surface area contributed by atoms with Crippen molar-refractivity contribution in [1.29, 1.82) is 0 Å². The number of hydrogen-bond donors (Lipinski definition) is 3. The van der Waals surface area contributed by atoms with Gasteiger partial charge >= 0.3 is 12.0 Å². The van der Waals surface area contributed by atoms with Gasteiger partial charge in [-0.1, -0.05) is 19.8 Å². The Bertz CT molecular complexity index is 380. The van der Waals surface area contributed by atoms with Crippen LogP contribution in [0.4, 0.5) is 4.79 Å². The molecule has 1 saturated heterocycles. The molecule has 20 heavy (non-hydrogen) atoms. The number of likely N-dealkylation sites (tertiary alicyclic amines) is 1. The predicted molar refractivity (Wildman–Crippen MR) is 75.3 cm³/mol. The van der Waals surface area contributed by atoms with E-state index >= 15 is 0 Å². The van der Waals surface area contributed by atoms with Crippen LogP contribution in [-0.2, 0) is 4.79 Å². The number of piperidine rings is 1. The normalized spacial score (nSPS) is 31.9. The van der Waals surface area contributed by atoms with Gasteiger partial charge in [0.2, 0.25) is 0 Å². The lowest BCUT2D eigenvalue weighted by atomic mass is 9.76. The minimum atomic E-state index is -1.09. The van der Waals surface area contributed by atoms with Gasteiger partial charge in [0, 0.05) is 19.1 Å². The maximum absolute atomic E-state index is 12.3. The number of nitrogens with one attached hydrogen (secondary N) is 1. The molecule has 2 atom stereocenters. The number of nitrogens with zero attached hydrogens (tertiary/aromatic N) is 1. The Hall–Kier alpha value is -1.30. The van der Waals surface area contributed by atoms with Crippen LogP contribution >= 0.6 is 0 Å². The van der Waals surface area contributed by atoms with Crippen molar-refractivity contribution in [1.82, 2.24) is 10.2 Å². The SMILES string of the molecule is CC1CCCC(NC(=O)N2CCC(N)CC2)(C(=O)O)C1. The Balaban J connectivity index is 2.01. The highest BCUT2D eigenvalue weighted by molar-refractivity contribution is 5.86. The molecule has 0 bridgehead atoms. The molecule has 4 N–H and O–H groups in total. The molecule has 114 valence electrons. The smallest absolute Gasteiger partial charge is 0.329 e. The molecule has 1 saturated carbocycles. The van der Waals surface area contributed by atoms with Crippen LogP contribution < -0.4 is 11.1 Å². The molecule has 2 unspecified atom stereocenters. The summed E-state index contributed by atoms with van der Waals surface area (Å²) in [6.07, 6.45) is 4.48. The fourth-order valence-electron chi connectivity index (χ4n) is 3.30. The van der Waals surface area contributed by atoms with Crippen molar-refractivity contribution in [2.75, 3.05) is 13.1 Å². The van der Waals surface area contributed by atoms with Gasteiger partial charge in [-0.3, -0.25) is 0 Å². The standard InChI is InChI=1S/C14H25N3O3/c1-10-3-2-6-14(9-10,12(18)19)16-13(20)17-7-4-11(15)5-8-17/h10-11H,2-9,15H2,1H3,(H,16,20)(H,18,19). The van der Waals surface area contributed by atoms with Crippen molar-refractivity contribution in [3.63, 3.8) is 0 Å². The van der Waals surface area contributed by atoms with Crippen LogP contribution in [0, 0.1) is 5.92 Å². The summed E-state index contributed by atoms with van der Waals surface area (Å²) in [6.45, 7) is 3.26. The highest BCUT2D eigenvalue weighted by Crippen LogP contribution is 2.32. The summed E-state index contributed by atoms with van der Waals surface area (Å²) in [5, 5.41) is 12.3. The van der Waals surface area contributed by atoms with E-state index < -0.39 is 11.5 Å².